The van der Waals surface area contributed by atoms with Crippen LogP contribution >= 0.6 is 11.3 Å². The Bertz CT molecular complexity index is 610. The molecule has 0 radical (unpaired) electrons. The van der Waals surface area contributed by atoms with Crippen molar-refractivity contribution in [2.45, 2.75) is 6.61 Å². The first-order chi connectivity index (χ1) is 7.81. The SMILES string of the molecule is CN=c1sc2c(n1C)-c1ccccc1OC2. The number of hydrogen-bond acceptors (Lipinski definition) is 3. The van der Waals surface area contributed by atoms with Crippen LogP contribution in [-0.2, 0) is 13.7 Å². The number of hydrogen-bond donors (Lipinski definition) is 0. The summed E-state index contributed by atoms with van der Waals surface area (Å²) in [6.07, 6.45) is 0. The lowest BCUT2D eigenvalue weighted by Gasteiger charge is -2.17. The van der Waals surface area contributed by atoms with E-state index in [1.165, 1.54) is 10.6 Å². The van der Waals surface area contributed by atoms with Crippen LogP contribution in [-0.4, -0.2) is 11.6 Å². The van der Waals surface area contributed by atoms with Crippen LogP contribution in [0.25, 0.3) is 11.3 Å². The summed E-state index contributed by atoms with van der Waals surface area (Å²) in [5.74, 6) is 0.964. The van der Waals surface area contributed by atoms with Gasteiger partial charge in [0.05, 0.1) is 10.6 Å². The van der Waals surface area contributed by atoms with Crippen LogP contribution < -0.4 is 9.54 Å². The number of benzene rings is 1. The number of ether oxygens (including phenoxy) is 1. The van der Waals surface area contributed by atoms with Crippen molar-refractivity contribution in [2.75, 3.05) is 7.05 Å². The lowest BCUT2D eigenvalue weighted by molar-refractivity contribution is 0.305. The van der Waals surface area contributed by atoms with E-state index in [0.717, 1.165) is 16.1 Å². The molecule has 16 heavy (non-hydrogen) atoms. The van der Waals surface area contributed by atoms with Crippen molar-refractivity contribution in [3.05, 3.63) is 33.9 Å². The van der Waals surface area contributed by atoms with Crippen molar-refractivity contribution in [1.82, 2.24) is 4.57 Å². The Morgan fingerprint density at radius 1 is 1.38 bits per heavy atom. The van der Waals surface area contributed by atoms with Gasteiger partial charge in [-0.3, -0.25) is 4.99 Å². The van der Waals surface area contributed by atoms with E-state index in [4.69, 9.17) is 4.74 Å². The standard InChI is InChI=1S/C12H12N2OS/c1-13-12-14(2)11-8-5-3-4-6-9(8)15-7-10(11)16-12/h3-6H,7H2,1-2H3. The van der Waals surface area contributed by atoms with Gasteiger partial charge in [-0.1, -0.05) is 23.5 Å². The molecule has 0 fully saturated rings. The molecule has 0 saturated carbocycles. The van der Waals surface area contributed by atoms with E-state index in [0.29, 0.717) is 6.61 Å². The highest BCUT2D eigenvalue weighted by Crippen LogP contribution is 2.37. The Morgan fingerprint density at radius 3 is 3.00 bits per heavy atom. The van der Waals surface area contributed by atoms with Gasteiger partial charge in [-0.15, -0.1) is 0 Å². The molecule has 0 atom stereocenters. The largest absolute Gasteiger partial charge is 0.487 e. The van der Waals surface area contributed by atoms with Gasteiger partial charge < -0.3 is 9.30 Å². The van der Waals surface area contributed by atoms with Crippen molar-refractivity contribution in [3.8, 4) is 17.0 Å². The van der Waals surface area contributed by atoms with Crippen LogP contribution in [0, 0.1) is 0 Å². The third kappa shape index (κ3) is 1.23. The third-order valence-electron chi connectivity index (χ3n) is 2.79. The molecule has 0 saturated heterocycles. The van der Waals surface area contributed by atoms with Gasteiger partial charge in [-0.2, -0.15) is 0 Å². The highest BCUT2D eigenvalue weighted by atomic mass is 32.1. The fourth-order valence-electron chi connectivity index (χ4n) is 2.07. The lowest BCUT2D eigenvalue weighted by atomic mass is 10.1. The van der Waals surface area contributed by atoms with Crippen LogP contribution in [0.2, 0.25) is 0 Å². The van der Waals surface area contributed by atoms with Crippen molar-refractivity contribution in [3.63, 3.8) is 0 Å². The zero-order chi connectivity index (χ0) is 11.1. The number of thiazole rings is 1. The summed E-state index contributed by atoms with van der Waals surface area (Å²) in [4.78, 5) is 6.56. The van der Waals surface area contributed by atoms with Crippen LogP contribution in [0.4, 0.5) is 0 Å². The minimum Gasteiger partial charge on any atom is -0.487 e. The zero-order valence-corrected chi connectivity index (χ0v) is 10.0. The first-order valence-corrected chi connectivity index (χ1v) is 5.96. The number of aromatic nitrogens is 1. The molecule has 2 heterocycles. The van der Waals surface area contributed by atoms with E-state index in [9.17, 15) is 0 Å². The summed E-state index contributed by atoms with van der Waals surface area (Å²) in [6.45, 7) is 0.653. The molecule has 0 spiro atoms. The summed E-state index contributed by atoms with van der Waals surface area (Å²) in [5.41, 5.74) is 2.41. The fourth-order valence-corrected chi connectivity index (χ4v) is 3.07. The minimum absolute atomic E-state index is 0.653. The number of fused-ring (bicyclic) bond motifs is 3. The predicted octanol–water partition coefficient (Wildman–Crippen LogP) is 2.18. The van der Waals surface area contributed by atoms with E-state index < -0.39 is 0 Å². The van der Waals surface area contributed by atoms with E-state index in [1.807, 2.05) is 25.2 Å². The van der Waals surface area contributed by atoms with Gasteiger partial charge in [0.15, 0.2) is 4.80 Å². The Labute approximate surface area is 97.7 Å². The molecule has 2 aromatic rings. The maximum atomic E-state index is 5.72. The van der Waals surface area contributed by atoms with Crippen molar-refractivity contribution in [1.29, 1.82) is 0 Å². The topological polar surface area (TPSA) is 26.5 Å². The molecule has 1 aromatic heterocycles. The fraction of sp³-hybridized carbons (Fsp3) is 0.250. The summed E-state index contributed by atoms with van der Waals surface area (Å²) in [7, 11) is 3.88. The Morgan fingerprint density at radius 2 is 2.19 bits per heavy atom. The maximum absolute atomic E-state index is 5.72. The summed E-state index contributed by atoms with van der Waals surface area (Å²) in [5, 5.41) is 0. The average Bonchev–Trinajstić information content (AvgIpc) is 2.66. The smallest absolute Gasteiger partial charge is 0.185 e. The van der Waals surface area contributed by atoms with E-state index in [2.05, 4.69) is 22.7 Å². The number of rotatable bonds is 0. The first-order valence-electron chi connectivity index (χ1n) is 5.15. The summed E-state index contributed by atoms with van der Waals surface area (Å²) < 4.78 is 7.86. The Kier molecular flexibility index (Phi) is 2.11. The molecule has 4 heteroatoms. The maximum Gasteiger partial charge on any atom is 0.185 e. The molecular weight excluding hydrogens is 220 g/mol. The average molecular weight is 232 g/mol. The van der Waals surface area contributed by atoms with Crippen LogP contribution in [0.3, 0.4) is 0 Å². The van der Waals surface area contributed by atoms with E-state index in [-0.39, 0.29) is 0 Å². The third-order valence-corrected chi connectivity index (χ3v) is 3.99. The first kappa shape index (κ1) is 9.66. The highest BCUT2D eigenvalue weighted by Gasteiger charge is 2.21. The summed E-state index contributed by atoms with van der Waals surface area (Å²) >= 11 is 1.70. The van der Waals surface area contributed by atoms with Crippen LogP contribution in [0.1, 0.15) is 4.88 Å². The molecule has 3 rings (SSSR count). The summed E-state index contributed by atoms with van der Waals surface area (Å²) in [6, 6.07) is 8.15. The van der Waals surface area contributed by atoms with Crippen molar-refractivity contribution >= 4 is 11.3 Å². The van der Waals surface area contributed by atoms with E-state index >= 15 is 0 Å². The second-order valence-corrected chi connectivity index (χ2v) is 4.79. The number of para-hydroxylation sites is 1. The predicted molar refractivity (Wildman–Crippen MR) is 64.5 cm³/mol. The molecule has 0 amide bonds. The van der Waals surface area contributed by atoms with Gasteiger partial charge in [-0.05, 0) is 12.1 Å². The molecule has 1 aliphatic heterocycles. The molecule has 0 N–H and O–H groups in total. The molecule has 1 aliphatic rings. The Balaban J connectivity index is 2.36. The molecule has 1 aromatic carbocycles. The van der Waals surface area contributed by atoms with Crippen LogP contribution in [0.5, 0.6) is 5.75 Å². The van der Waals surface area contributed by atoms with E-state index in [1.54, 1.807) is 11.3 Å². The molecule has 0 bridgehead atoms. The Hall–Kier alpha value is -1.55. The normalized spacial score (nSPS) is 14.2. The molecule has 0 unspecified atom stereocenters. The molecule has 82 valence electrons. The second-order valence-electron chi connectivity index (χ2n) is 3.72. The van der Waals surface area contributed by atoms with Gasteiger partial charge in [0.1, 0.15) is 12.4 Å². The molecule has 3 nitrogen and oxygen atoms in total. The number of nitrogens with zero attached hydrogens (tertiary/aromatic N) is 2. The lowest BCUT2D eigenvalue weighted by Crippen LogP contribution is -2.12. The van der Waals surface area contributed by atoms with Crippen molar-refractivity contribution < 1.29 is 4.74 Å². The van der Waals surface area contributed by atoms with Crippen LogP contribution in [0.15, 0.2) is 29.3 Å². The quantitative estimate of drug-likeness (QED) is 0.684. The molecule has 0 aliphatic carbocycles. The van der Waals surface area contributed by atoms with Gasteiger partial charge in [0, 0.05) is 19.7 Å². The van der Waals surface area contributed by atoms with Gasteiger partial charge >= 0.3 is 0 Å². The monoisotopic (exact) mass is 232 g/mol. The van der Waals surface area contributed by atoms with Gasteiger partial charge in [-0.25, -0.2) is 0 Å². The van der Waals surface area contributed by atoms with Gasteiger partial charge in [0.25, 0.3) is 0 Å². The van der Waals surface area contributed by atoms with Gasteiger partial charge in [0.2, 0.25) is 0 Å². The van der Waals surface area contributed by atoms with Crippen molar-refractivity contribution in [2.24, 2.45) is 12.0 Å². The highest BCUT2D eigenvalue weighted by molar-refractivity contribution is 7.09. The zero-order valence-electron chi connectivity index (χ0n) is 9.23. The second kappa shape index (κ2) is 3.49. The minimum atomic E-state index is 0.653. The molecular formula is C12H12N2OS.